The third-order valence-electron chi connectivity index (χ3n) is 4.81. The fourth-order valence-corrected chi connectivity index (χ4v) is 7.39. The summed E-state index contributed by atoms with van der Waals surface area (Å²) in [7, 11) is -1.63. The first kappa shape index (κ1) is 20.0. The second-order valence-corrected chi connectivity index (χ2v) is 9.97. The lowest BCUT2D eigenvalue weighted by molar-refractivity contribution is 1.27. The Bertz CT molecular complexity index is 929. The van der Waals surface area contributed by atoms with Crippen LogP contribution in [0, 0.1) is 13.8 Å². The van der Waals surface area contributed by atoms with Crippen LogP contribution in [0.4, 0.5) is 0 Å². The quantitative estimate of drug-likeness (QED) is 0.375. The van der Waals surface area contributed by atoms with Gasteiger partial charge in [0.2, 0.25) is 0 Å². The summed E-state index contributed by atoms with van der Waals surface area (Å²) in [4.78, 5) is 5.27. The van der Waals surface area contributed by atoms with Crippen LogP contribution in [0.15, 0.2) is 129 Å². The smallest absolute Gasteiger partial charge is 0.00231 e. The van der Waals surface area contributed by atoms with E-state index >= 15 is 0 Å². The molecule has 28 heavy (non-hydrogen) atoms. The molecule has 0 nitrogen and oxygen atoms in total. The third-order valence-corrected chi connectivity index (χ3v) is 8.73. The van der Waals surface area contributed by atoms with Crippen molar-refractivity contribution >= 4 is 10.0 Å². The predicted octanol–water partition coefficient (Wildman–Crippen LogP) is 8.23. The monoisotopic (exact) mass is 384 g/mol. The number of allylic oxidation sites excluding steroid dienone is 4. The van der Waals surface area contributed by atoms with Crippen LogP contribution in [0.3, 0.4) is 0 Å². The molecule has 0 spiro atoms. The average Bonchev–Trinajstić information content (AvgIpc) is 2.72. The summed E-state index contributed by atoms with van der Waals surface area (Å²) >= 11 is 0. The second-order valence-electron chi connectivity index (χ2n) is 6.86. The zero-order valence-electron chi connectivity index (χ0n) is 16.9. The fourth-order valence-electron chi connectivity index (χ4n) is 3.47. The molecule has 1 heteroatoms. The number of hydrogen-bond acceptors (Lipinski definition) is 0. The van der Waals surface area contributed by atoms with Crippen molar-refractivity contribution in [1.82, 2.24) is 0 Å². The van der Waals surface area contributed by atoms with Crippen LogP contribution in [0.25, 0.3) is 0 Å². The lowest BCUT2D eigenvalue weighted by Gasteiger charge is -2.43. The Labute approximate surface area is 171 Å². The summed E-state index contributed by atoms with van der Waals surface area (Å²) in [6.45, 7) is 10.4. The van der Waals surface area contributed by atoms with Gasteiger partial charge in [0.1, 0.15) is 0 Å². The van der Waals surface area contributed by atoms with E-state index in [1.54, 1.807) is 0 Å². The molecule has 3 aromatic rings. The maximum absolute atomic E-state index is 4.01. The van der Waals surface area contributed by atoms with Crippen LogP contribution in [0.5, 0.6) is 0 Å². The van der Waals surface area contributed by atoms with E-state index in [-0.39, 0.29) is 0 Å². The molecule has 0 radical (unpaired) electrons. The largest absolute Gasteiger partial charge is 0.133 e. The third kappa shape index (κ3) is 3.76. The van der Waals surface area contributed by atoms with Crippen molar-refractivity contribution in [3.63, 3.8) is 0 Å². The van der Waals surface area contributed by atoms with Crippen molar-refractivity contribution in [2.24, 2.45) is 0 Å². The summed E-state index contributed by atoms with van der Waals surface area (Å²) in [6, 6.07) is 28.9. The summed E-state index contributed by atoms with van der Waals surface area (Å²) in [5.74, 6) is 0. The van der Waals surface area contributed by atoms with Crippen molar-refractivity contribution in [3.05, 3.63) is 126 Å². The van der Waals surface area contributed by atoms with E-state index in [9.17, 15) is 0 Å². The van der Waals surface area contributed by atoms with E-state index in [0.29, 0.717) is 0 Å². The van der Waals surface area contributed by atoms with E-state index < -0.39 is 10.0 Å². The molecule has 0 aromatic heterocycles. The van der Waals surface area contributed by atoms with Crippen LogP contribution >= 0.6 is 10.0 Å². The van der Waals surface area contributed by atoms with Crippen molar-refractivity contribution in [3.8, 4) is 0 Å². The zero-order valence-corrected chi connectivity index (χ0v) is 17.7. The van der Waals surface area contributed by atoms with Gasteiger partial charge < -0.3 is 0 Å². The summed E-state index contributed by atoms with van der Waals surface area (Å²) < 4.78 is 0. The van der Waals surface area contributed by atoms with Crippen LogP contribution < -0.4 is 0 Å². The molecule has 0 heterocycles. The fraction of sp³-hybridized carbons (Fsp3) is 0.111. The Kier molecular flexibility index (Phi) is 6.38. The van der Waals surface area contributed by atoms with E-state index in [2.05, 4.69) is 124 Å². The Hall–Kier alpha value is -2.77. The molecule has 0 saturated heterocycles. The summed E-state index contributed by atoms with van der Waals surface area (Å²) in [5, 5.41) is 0. The SMILES string of the molecule is C=C/C=C(\C=C/C)S(c1ccccc1)(c1ccc(C)cc1)c1ccc(C)cc1. The van der Waals surface area contributed by atoms with Gasteiger partial charge >= 0.3 is 0 Å². The maximum Gasteiger partial charge on any atom is 0.00231 e. The van der Waals surface area contributed by atoms with Crippen LogP contribution in [-0.2, 0) is 0 Å². The van der Waals surface area contributed by atoms with Gasteiger partial charge in [-0.2, -0.15) is 0 Å². The second kappa shape index (κ2) is 8.95. The van der Waals surface area contributed by atoms with Crippen molar-refractivity contribution in [2.75, 3.05) is 0 Å². The van der Waals surface area contributed by atoms with Gasteiger partial charge in [0.05, 0.1) is 0 Å². The predicted molar refractivity (Wildman–Crippen MR) is 124 cm³/mol. The molecule has 3 rings (SSSR count). The number of rotatable bonds is 6. The minimum Gasteiger partial charge on any atom is -0.133 e. The molecule has 0 aliphatic rings. The standard InChI is InChI=1S/C27H28S/c1-5-10-24(11-6-2)28(25-12-8-7-9-13-25,26-18-14-22(3)15-19-26)27-20-16-23(4)17-21-27/h5-21H,1H2,2-4H3/b11-6-,24-10+. The molecule has 0 N–H and O–H groups in total. The maximum atomic E-state index is 4.01. The number of hydrogen-bond donors (Lipinski definition) is 0. The van der Waals surface area contributed by atoms with Gasteiger partial charge in [-0.3, -0.25) is 0 Å². The number of aryl methyl sites for hydroxylation is 2. The summed E-state index contributed by atoms with van der Waals surface area (Å²) in [6.07, 6.45) is 8.44. The first-order chi connectivity index (χ1) is 13.6. The summed E-state index contributed by atoms with van der Waals surface area (Å²) in [5.41, 5.74) is 2.55. The molecular formula is C27H28S. The highest BCUT2D eigenvalue weighted by molar-refractivity contribution is 8.37. The van der Waals surface area contributed by atoms with Gasteiger partial charge in [-0.1, -0.05) is 78.4 Å². The normalized spacial score (nSPS) is 12.9. The molecule has 0 atom stereocenters. The highest BCUT2D eigenvalue weighted by atomic mass is 32.3. The van der Waals surface area contributed by atoms with Crippen LogP contribution in [-0.4, -0.2) is 0 Å². The molecule has 0 bridgehead atoms. The molecule has 0 amide bonds. The first-order valence-corrected chi connectivity index (χ1v) is 11.2. The Morgan fingerprint density at radius 3 is 1.61 bits per heavy atom. The van der Waals surface area contributed by atoms with Crippen molar-refractivity contribution in [1.29, 1.82) is 0 Å². The molecule has 0 aliphatic carbocycles. The van der Waals surface area contributed by atoms with Crippen LogP contribution in [0.2, 0.25) is 0 Å². The topological polar surface area (TPSA) is 0 Å². The molecule has 3 aromatic carbocycles. The molecule has 0 saturated carbocycles. The zero-order chi connectivity index (χ0) is 20.0. The van der Waals surface area contributed by atoms with Gasteiger partial charge in [0.15, 0.2) is 0 Å². The Balaban J connectivity index is 2.47. The van der Waals surface area contributed by atoms with E-state index in [4.69, 9.17) is 0 Å². The van der Waals surface area contributed by atoms with E-state index in [1.165, 1.54) is 30.7 Å². The Morgan fingerprint density at radius 1 is 0.714 bits per heavy atom. The van der Waals surface area contributed by atoms with Gasteiger partial charge in [-0.15, -0.1) is 10.0 Å². The minimum atomic E-state index is -1.63. The first-order valence-electron chi connectivity index (χ1n) is 9.60. The molecule has 0 unspecified atom stereocenters. The average molecular weight is 385 g/mol. The lowest BCUT2D eigenvalue weighted by atomic mass is 10.2. The molecule has 0 aliphatic heterocycles. The minimum absolute atomic E-state index is 1.27. The van der Waals surface area contributed by atoms with Crippen LogP contribution in [0.1, 0.15) is 18.1 Å². The molecule has 142 valence electrons. The molecule has 0 fully saturated rings. The number of benzene rings is 3. The highest BCUT2D eigenvalue weighted by Gasteiger charge is 2.33. The molecular weight excluding hydrogens is 356 g/mol. The van der Waals surface area contributed by atoms with E-state index in [1.807, 2.05) is 6.08 Å². The van der Waals surface area contributed by atoms with Gasteiger partial charge in [0, 0.05) is 19.6 Å². The highest BCUT2D eigenvalue weighted by Crippen LogP contribution is 2.73. The van der Waals surface area contributed by atoms with Crippen molar-refractivity contribution in [2.45, 2.75) is 35.5 Å². The lowest BCUT2D eigenvalue weighted by Crippen LogP contribution is -2.06. The van der Waals surface area contributed by atoms with Gasteiger partial charge in [-0.05, 0) is 63.2 Å². The van der Waals surface area contributed by atoms with Gasteiger partial charge in [0.25, 0.3) is 0 Å². The van der Waals surface area contributed by atoms with Crippen molar-refractivity contribution < 1.29 is 0 Å². The Morgan fingerprint density at radius 2 is 1.18 bits per heavy atom. The van der Waals surface area contributed by atoms with Gasteiger partial charge in [-0.25, -0.2) is 0 Å². The van der Waals surface area contributed by atoms with E-state index in [0.717, 1.165) is 0 Å².